The first-order valence-corrected chi connectivity index (χ1v) is 6.02. The lowest BCUT2D eigenvalue weighted by atomic mass is 9.64. The summed E-state index contributed by atoms with van der Waals surface area (Å²) in [6.07, 6.45) is 1.50. The molecule has 0 fully saturated rings. The van der Waals surface area contributed by atoms with Crippen molar-refractivity contribution < 1.29 is 9.39 Å². The van der Waals surface area contributed by atoms with E-state index in [9.17, 15) is 0 Å². The zero-order valence-electron chi connectivity index (χ0n) is 10.5. The number of hydrogen-bond acceptors (Lipinski definition) is 3. The van der Waals surface area contributed by atoms with Crippen LogP contribution in [0.4, 0.5) is 5.69 Å². The van der Waals surface area contributed by atoms with Crippen LogP contribution in [0.2, 0.25) is 6.82 Å². The average molecular weight is 250 g/mol. The van der Waals surface area contributed by atoms with Crippen molar-refractivity contribution in [2.75, 3.05) is 0 Å². The Hall–Kier alpha value is -2.32. The molecule has 0 radical (unpaired) electrons. The SMILES string of the molecule is [C-]#[N+]c1ccc(Oc2ccc3c(c2)COB3C)nc1. The second-order valence-electron chi connectivity index (χ2n) is 4.38. The van der Waals surface area contributed by atoms with Gasteiger partial charge in [-0.25, -0.2) is 9.83 Å². The predicted molar refractivity (Wildman–Crippen MR) is 73.1 cm³/mol. The Bertz CT molecular complexity index is 649. The van der Waals surface area contributed by atoms with Crippen LogP contribution in [0, 0.1) is 6.57 Å². The van der Waals surface area contributed by atoms with Crippen molar-refractivity contribution >= 4 is 18.1 Å². The number of benzene rings is 1. The zero-order valence-corrected chi connectivity index (χ0v) is 10.5. The Kier molecular flexibility index (Phi) is 2.94. The summed E-state index contributed by atoms with van der Waals surface area (Å²) in [5.74, 6) is 1.22. The molecule has 0 atom stereocenters. The normalized spacial score (nSPS) is 12.9. The highest BCUT2D eigenvalue weighted by molar-refractivity contribution is 6.67. The molecule has 0 amide bonds. The third-order valence-corrected chi connectivity index (χ3v) is 3.11. The molecule has 0 N–H and O–H groups in total. The first-order valence-electron chi connectivity index (χ1n) is 6.02. The molecule has 1 aliphatic heterocycles. The van der Waals surface area contributed by atoms with Crippen LogP contribution in [0.1, 0.15) is 5.56 Å². The summed E-state index contributed by atoms with van der Waals surface area (Å²) in [4.78, 5) is 7.38. The topological polar surface area (TPSA) is 35.7 Å². The Balaban J connectivity index is 1.82. The highest BCUT2D eigenvalue weighted by atomic mass is 16.5. The maximum Gasteiger partial charge on any atom is 0.324 e. The molecule has 2 aromatic rings. The molecule has 1 aromatic carbocycles. The van der Waals surface area contributed by atoms with E-state index in [1.807, 2.05) is 25.0 Å². The molecule has 2 heterocycles. The molecule has 5 heteroatoms. The van der Waals surface area contributed by atoms with Crippen molar-refractivity contribution in [1.29, 1.82) is 0 Å². The number of hydrogen-bond donors (Lipinski definition) is 0. The summed E-state index contributed by atoms with van der Waals surface area (Å²) < 4.78 is 11.2. The van der Waals surface area contributed by atoms with Gasteiger partial charge < -0.3 is 9.39 Å². The third-order valence-electron chi connectivity index (χ3n) is 3.11. The zero-order chi connectivity index (χ0) is 13.2. The molecule has 92 valence electrons. The van der Waals surface area contributed by atoms with Gasteiger partial charge in [0.25, 0.3) is 0 Å². The van der Waals surface area contributed by atoms with Crippen LogP contribution < -0.4 is 10.2 Å². The highest BCUT2D eigenvalue weighted by Gasteiger charge is 2.23. The number of rotatable bonds is 2. The minimum atomic E-state index is 0.153. The largest absolute Gasteiger partial charge is 0.439 e. The molecular weight excluding hydrogens is 239 g/mol. The van der Waals surface area contributed by atoms with Gasteiger partial charge in [-0.3, -0.25) is 0 Å². The minimum absolute atomic E-state index is 0.153. The second-order valence-corrected chi connectivity index (χ2v) is 4.38. The van der Waals surface area contributed by atoms with E-state index in [4.69, 9.17) is 16.0 Å². The molecule has 3 rings (SSSR count). The van der Waals surface area contributed by atoms with Gasteiger partial charge in [0, 0.05) is 6.20 Å². The van der Waals surface area contributed by atoms with Crippen LogP contribution in [0.25, 0.3) is 4.85 Å². The van der Waals surface area contributed by atoms with Gasteiger partial charge in [0.2, 0.25) is 11.6 Å². The number of fused-ring (bicyclic) bond motifs is 1. The minimum Gasteiger partial charge on any atom is -0.439 e. The first-order chi connectivity index (χ1) is 9.26. The fourth-order valence-electron chi connectivity index (χ4n) is 2.09. The van der Waals surface area contributed by atoms with Crippen LogP contribution >= 0.6 is 0 Å². The number of aromatic nitrogens is 1. The summed E-state index contributed by atoms with van der Waals surface area (Å²) in [7, 11) is 0. The highest BCUT2D eigenvalue weighted by Crippen LogP contribution is 2.23. The fraction of sp³-hybridized carbons (Fsp3) is 0.143. The van der Waals surface area contributed by atoms with E-state index in [1.54, 1.807) is 12.1 Å². The van der Waals surface area contributed by atoms with Crippen LogP contribution in [0.5, 0.6) is 11.6 Å². The van der Waals surface area contributed by atoms with Gasteiger partial charge in [0.15, 0.2) is 0 Å². The molecule has 0 unspecified atom stereocenters. The first kappa shape index (κ1) is 11.8. The smallest absolute Gasteiger partial charge is 0.324 e. The summed E-state index contributed by atoms with van der Waals surface area (Å²) in [5.41, 5.74) is 2.87. The van der Waals surface area contributed by atoms with Crippen molar-refractivity contribution in [3.05, 3.63) is 53.5 Å². The van der Waals surface area contributed by atoms with Gasteiger partial charge in [-0.15, -0.1) is 0 Å². The van der Waals surface area contributed by atoms with E-state index in [1.165, 1.54) is 11.7 Å². The van der Waals surface area contributed by atoms with E-state index < -0.39 is 0 Å². The van der Waals surface area contributed by atoms with E-state index in [-0.39, 0.29) is 6.92 Å². The monoisotopic (exact) mass is 250 g/mol. The fourth-order valence-corrected chi connectivity index (χ4v) is 2.09. The van der Waals surface area contributed by atoms with Gasteiger partial charge in [0.1, 0.15) is 5.75 Å². The lowest BCUT2D eigenvalue weighted by Gasteiger charge is -2.06. The molecular formula is C14H11BN2O2. The van der Waals surface area contributed by atoms with Crippen LogP contribution in [-0.4, -0.2) is 11.9 Å². The van der Waals surface area contributed by atoms with Crippen LogP contribution in [0.15, 0.2) is 36.5 Å². The Morgan fingerprint density at radius 2 is 2.26 bits per heavy atom. The maximum absolute atomic E-state index is 6.87. The third kappa shape index (κ3) is 2.31. The maximum atomic E-state index is 6.87. The molecule has 0 bridgehead atoms. The van der Waals surface area contributed by atoms with Crippen molar-refractivity contribution in [1.82, 2.24) is 4.98 Å². The summed E-state index contributed by atoms with van der Waals surface area (Å²) in [6, 6.07) is 9.29. The van der Waals surface area contributed by atoms with E-state index in [0.717, 1.165) is 11.3 Å². The predicted octanol–water partition coefficient (Wildman–Crippen LogP) is 2.78. The van der Waals surface area contributed by atoms with Gasteiger partial charge in [-0.1, -0.05) is 12.9 Å². The average Bonchev–Trinajstić information content (AvgIpc) is 2.81. The molecule has 0 aliphatic carbocycles. The Morgan fingerprint density at radius 3 is 3.00 bits per heavy atom. The molecule has 0 saturated carbocycles. The van der Waals surface area contributed by atoms with Crippen molar-refractivity contribution in [2.45, 2.75) is 13.4 Å². The van der Waals surface area contributed by atoms with Gasteiger partial charge in [-0.05, 0) is 35.3 Å². The Labute approximate surface area is 111 Å². The standard InChI is InChI=1S/C14H11BN2O2/c1-15-13-5-4-12(7-10(13)9-18-15)19-14-6-3-11(16-2)8-17-14/h3-8H,9H2,1H3. The summed E-state index contributed by atoms with van der Waals surface area (Å²) in [6.45, 7) is 9.68. The van der Waals surface area contributed by atoms with Gasteiger partial charge in [0.05, 0.1) is 13.2 Å². The Morgan fingerprint density at radius 1 is 1.37 bits per heavy atom. The van der Waals surface area contributed by atoms with Crippen molar-refractivity contribution in [3.8, 4) is 11.6 Å². The van der Waals surface area contributed by atoms with Gasteiger partial charge >= 0.3 is 6.92 Å². The lowest BCUT2D eigenvalue weighted by Crippen LogP contribution is -2.23. The number of ether oxygens (including phenoxy) is 1. The van der Waals surface area contributed by atoms with E-state index >= 15 is 0 Å². The van der Waals surface area contributed by atoms with Crippen molar-refractivity contribution in [3.63, 3.8) is 0 Å². The molecule has 19 heavy (non-hydrogen) atoms. The molecule has 0 saturated heterocycles. The molecule has 0 spiro atoms. The van der Waals surface area contributed by atoms with Crippen LogP contribution in [-0.2, 0) is 11.3 Å². The van der Waals surface area contributed by atoms with Crippen molar-refractivity contribution in [2.24, 2.45) is 0 Å². The summed E-state index contributed by atoms with van der Waals surface area (Å²) in [5, 5.41) is 0. The van der Waals surface area contributed by atoms with Gasteiger partial charge in [-0.2, -0.15) is 0 Å². The molecule has 4 nitrogen and oxygen atoms in total. The molecule has 1 aliphatic rings. The lowest BCUT2D eigenvalue weighted by molar-refractivity contribution is 0.333. The number of pyridine rings is 1. The molecule has 1 aromatic heterocycles. The number of nitrogens with zero attached hydrogens (tertiary/aromatic N) is 2. The van der Waals surface area contributed by atoms with E-state index in [2.05, 4.69) is 9.83 Å². The summed E-state index contributed by atoms with van der Waals surface area (Å²) >= 11 is 0. The quantitative estimate of drug-likeness (QED) is 0.607. The van der Waals surface area contributed by atoms with Crippen LogP contribution in [0.3, 0.4) is 0 Å². The van der Waals surface area contributed by atoms with E-state index in [0.29, 0.717) is 18.2 Å². The second kappa shape index (κ2) is 4.75.